The Hall–Kier alpha value is -3.58. The van der Waals surface area contributed by atoms with Gasteiger partial charge in [-0.1, -0.05) is 11.6 Å². The van der Waals surface area contributed by atoms with E-state index in [4.69, 9.17) is 9.90 Å². The van der Waals surface area contributed by atoms with Crippen molar-refractivity contribution >= 4 is 41.0 Å². The SMILES string of the molecule is O=C(/C=C/c1cnc2c(c1)CC1(CCNCC1)C(=O)N2)N1CC=C(Cc2nccs2)CC1.O=C(O)C(F)(F)F. The minimum absolute atomic E-state index is 0.00963. The molecule has 0 aromatic carbocycles. The number of aliphatic carboxylic acids is 1. The van der Waals surface area contributed by atoms with Gasteiger partial charge in [-0.05, 0) is 62.0 Å². The molecule has 208 valence electrons. The molecule has 0 radical (unpaired) electrons. The smallest absolute Gasteiger partial charge is 0.475 e. The van der Waals surface area contributed by atoms with E-state index in [-0.39, 0.29) is 17.2 Å². The van der Waals surface area contributed by atoms with Crippen LogP contribution in [0.2, 0.25) is 0 Å². The molecule has 5 heterocycles. The highest BCUT2D eigenvalue weighted by molar-refractivity contribution is 7.09. The fraction of sp³-hybridized carbons (Fsp3) is 0.423. The number of anilines is 1. The number of fused-ring (bicyclic) bond motifs is 1. The Morgan fingerprint density at radius 3 is 2.59 bits per heavy atom. The number of piperidine rings is 1. The lowest BCUT2D eigenvalue weighted by molar-refractivity contribution is -0.192. The Bertz CT molecular complexity index is 1270. The molecule has 9 nitrogen and oxygen atoms in total. The summed E-state index contributed by atoms with van der Waals surface area (Å²) >= 11 is 1.67. The average molecular weight is 564 g/mol. The molecule has 0 atom stereocenters. The van der Waals surface area contributed by atoms with E-state index in [0.717, 1.165) is 61.5 Å². The molecule has 3 N–H and O–H groups in total. The summed E-state index contributed by atoms with van der Waals surface area (Å²) in [6, 6.07) is 2.05. The largest absolute Gasteiger partial charge is 0.490 e. The van der Waals surface area contributed by atoms with Gasteiger partial charge in [-0.3, -0.25) is 9.59 Å². The maximum atomic E-state index is 12.7. The van der Waals surface area contributed by atoms with Crippen LogP contribution < -0.4 is 10.6 Å². The maximum absolute atomic E-state index is 12.7. The summed E-state index contributed by atoms with van der Waals surface area (Å²) in [4.78, 5) is 44.9. The minimum atomic E-state index is -5.08. The van der Waals surface area contributed by atoms with Crippen molar-refractivity contribution < 1.29 is 32.7 Å². The molecule has 2 aromatic heterocycles. The first-order chi connectivity index (χ1) is 18.6. The van der Waals surface area contributed by atoms with Gasteiger partial charge in [-0.2, -0.15) is 13.2 Å². The maximum Gasteiger partial charge on any atom is 0.490 e. The number of carbonyl (C=O) groups is 3. The van der Waals surface area contributed by atoms with Crippen molar-refractivity contribution in [1.82, 2.24) is 20.2 Å². The molecular formula is C26H28F3N5O4S. The van der Waals surface area contributed by atoms with Crippen LogP contribution >= 0.6 is 11.3 Å². The summed E-state index contributed by atoms with van der Waals surface area (Å²) in [5.74, 6) is -2.01. The van der Waals surface area contributed by atoms with Gasteiger partial charge in [-0.25, -0.2) is 14.8 Å². The number of nitrogens with one attached hydrogen (secondary N) is 2. The Labute approximate surface area is 226 Å². The second-order valence-corrected chi connectivity index (χ2v) is 10.6. The Morgan fingerprint density at radius 1 is 1.23 bits per heavy atom. The summed E-state index contributed by atoms with van der Waals surface area (Å²) in [7, 11) is 0. The fourth-order valence-corrected chi connectivity index (χ4v) is 5.41. The molecule has 39 heavy (non-hydrogen) atoms. The van der Waals surface area contributed by atoms with E-state index in [0.29, 0.717) is 18.8 Å². The van der Waals surface area contributed by atoms with Gasteiger partial charge in [0.05, 0.1) is 10.4 Å². The van der Waals surface area contributed by atoms with E-state index in [1.807, 2.05) is 22.6 Å². The number of carbonyl (C=O) groups excluding carboxylic acids is 2. The molecule has 3 aliphatic rings. The number of nitrogens with zero attached hydrogens (tertiary/aromatic N) is 3. The van der Waals surface area contributed by atoms with E-state index in [1.54, 1.807) is 23.6 Å². The number of hydrogen-bond donors (Lipinski definition) is 3. The van der Waals surface area contributed by atoms with Crippen molar-refractivity contribution in [2.75, 3.05) is 31.5 Å². The zero-order chi connectivity index (χ0) is 28.0. The van der Waals surface area contributed by atoms with Crippen LogP contribution in [-0.4, -0.2) is 70.1 Å². The number of hydrogen-bond acceptors (Lipinski definition) is 7. The summed E-state index contributed by atoms with van der Waals surface area (Å²) in [6.07, 6.45) is 8.22. The van der Waals surface area contributed by atoms with Crippen LogP contribution in [0, 0.1) is 5.41 Å². The van der Waals surface area contributed by atoms with Gasteiger partial charge in [0.2, 0.25) is 11.8 Å². The number of amides is 2. The number of carboxylic acid groups (broad SMARTS) is 1. The molecule has 0 bridgehead atoms. The lowest BCUT2D eigenvalue weighted by atomic mass is 9.71. The number of rotatable bonds is 4. The molecule has 13 heteroatoms. The Balaban J connectivity index is 0.000000448. The Kier molecular flexibility index (Phi) is 8.80. The average Bonchev–Trinajstić information content (AvgIpc) is 3.42. The van der Waals surface area contributed by atoms with Crippen LogP contribution in [0.5, 0.6) is 0 Å². The number of pyridine rings is 1. The number of aromatic nitrogens is 2. The molecule has 0 aliphatic carbocycles. The molecule has 2 amide bonds. The molecule has 1 spiro atoms. The summed E-state index contributed by atoms with van der Waals surface area (Å²) in [5.41, 5.74) is 2.94. The molecule has 1 fully saturated rings. The molecule has 5 rings (SSSR count). The number of thiazole rings is 1. The van der Waals surface area contributed by atoms with Crippen LogP contribution in [0.25, 0.3) is 6.08 Å². The van der Waals surface area contributed by atoms with Crippen LogP contribution in [0.3, 0.4) is 0 Å². The minimum Gasteiger partial charge on any atom is -0.475 e. The standard InChI is InChI=1S/C24H27N5O2S.C2HF3O2/c30-21(29-10-3-17(4-11-29)14-20-26-9-12-32-20)2-1-18-13-19-15-24(5-7-25-8-6-24)23(31)28-22(19)27-16-18;3-2(4,5)1(6)7/h1-3,9,12-13,16,25H,4-8,10-11,14-15H2,(H,27,28,31);(H,6,7)/b2-1+;. The van der Waals surface area contributed by atoms with E-state index < -0.39 is 12.1 Å². The van der Waals surface area contributed by atoms with Crippen molar-refractivity contribution in [2.45, 2.75) is 38.3 Å². The van der Waals surface area contributed by atoms with E-state index >= 15 is 0 Å². The number of halogens is 3. The van der Waals surface area contributed by atoms with Gasteiger partial charge >= 0.3 is 12.1 Å². The fourth-order valence-electron chi connectivity index (χ4n) is 4.74. The van der Waals surface area contributed by atoms with Gasteiger partial charge in [0, 0.05) is 43.4 Å². The number of alkyl halides is 3. The van der Waals surface area contributed by atoms with Crippen molar-refractivity contribution in [2.24, 2.45) is 5.41 Å². The third-order valence-electron chi connectivity index (χ3n) is 6.93. The predicted molar refractivity (Wildman–Crippen MR) is 139 cm³/mol. The van der Waals surface area contributed by atoms with Crippen molar-refractivity contribution in [3.05, 3.63) is 57.7 Å². The van der Waals surface area contributed by atoms with E-state index in [1.165, 1.54) is 5.57 Å². The third kappa shape index (κ3) is 7.30. The molecule has 0 unspecified atom stereocenters. The topological polar surface area (TPSA) is 125 Å². The quantitative estimate of drug-likeness (QED) is 0.385. The van der Waals surface area contributed by atoms with Crippen molar-refractivity contribution in [1.29, 1.82) is 0 Å². The third-order valence-corrected chi connectivity index (χ3v) is 7.71. The van der Waals surface area contributed by atoms with Crippen LogP contribution in [0.1, 0.15) is 35.4 Å². The summed E-state index contributed by atoms with van der Waals surface area (Å²) in [5, 5.41) is 16.6. The number of carboxylic acids is 1. The van der Waals surface area contributed by atoms with E-state index in [9.17, 15) is 22.8 Å². The zero-order valence-corrected chi connectivity index (χ0v) is 21.8. The van der Waals surface area contributed by atoms with Crippen molar-refractivity contribution in [3.63, 3.8) is 0 Å². The molecule has 2 aromatic rings. The molecular weight excluding hydrogens is 535 g/mol. The lowest BCUT2D eigenvalue weighted by Crippen LogP contribution is -2.48. The first kappa shape index (κ1) is 28.4. The zero-order valence-electron chi connectivity index (χ0n) is 21.0. The lowest BCUT2D eigenvalue weighted by Gasteiger charge is -2.39. The highest BCUT2D eigenvalue weighted by Gasteiger charge is 2.43. The monoisotopic (exact) mass is 563 g/mol. The predicted octanol–water partition coefficient (Wildman–Crippen LogP) is 3.45. The summed E-state index contributed by atoms with van der Waals surface area (Å²) < 4.78 is 31.7. The molecule has 3 aliphatic heterocycles. The van der Waals surface area contributed by atoms with Gasteiger partial charge in [-0.15, -0.1) is 11.3 Å². The van der Waals surface area contributed by atoms with Crippen LogP contribution in [0.15, 0.2) is 41.6 Å². The van der Waals surface area contributed by atoms with Gasteiger partial charge in [0.15, 0.2) is 0 Å². The van der Waals surface area contributed by atoms with Crippen molar-refractivity contribution in [3.8, 4) is 0 Å². The normalized spacial score (nSPS) is 18.6. The van der Waals surface area contributed by atoms with E-state index in [2.05, 4.69) is 32.7 Å². The first-order valence-corrected chi connectivity index (χ1v) is 13.3. The summed E-state index contributed by atoms with van der Waals surface area (Å²) in [6.45, 7) is 3.08. The second kappa shape index (κ2) is 12.1. The highest BCUT2D eigenvalue weighted by atomic mass is 32.1. The van der Waals surface area contributed by atoms with Gasteiger partial charge in [0.1, 0.15) is 5.82 Å². The van der Waals surface area contributed by atoms with Crippen LogP contribution in [0.4, 0.5) is 19.0 Å². The molecule has 1 saturated heterocycles. The Morgan fingerprint density at radius 2 is 1.97 bits per heavy atom. The molecule has 0 saturated carbocycles. The van der Waals surface area contributed by atoms with Gasteiger partial charge in [0.25, 0.3) is 0 Å². The first-order valence-electron chi connectivity index (χ1n) is 12.4. The highest BCUT2D eigenvalue weighted by Crippen LogP contribution is 2.39. The van der Waals surface area contributed by atoms with Crippen LogP contribution in [-0.2, 0) is 27.2 Å². The van der Waals surface area contributed by atoms with Gasteiger partial charge < -0.3 is 20.6 Å². The second-order valence-electron chi connectivity index (χ2n) is 9.57.